The molecule has 0 saturated heterocycles. The monoisotopic (exact) mass is 962 g/mol. The number of esters is 1. The maximum atomic E-state index is 12.5. The first-order chi connectivity index (χ1) is 33.5. The van der Waals surface area contributed by atoms with E-state index in [0.717, 1.165) is 38.5 Å². The van der Waals surface area contributed by atoms with E-state index in [9.17, 15) is 19.8 Å². The molecule has 406 valence electrons. The van der Waals surface area contributed by atoms with Gasteiger partial charge in [0.25, 0.3) is 0 Å². The van der Waals surface area contributed by atoms with Gasteiger partial charge in [-0.05, 0) is 25.7 Å². The molecule has 0 aromatic rings. The maximum Gasteiger partial charge on any atom is 0.305 e. The van der Waals surface area contributed by atoms with E-state index in [-0.39, 0.29) is 18.5 Å². The highest BCUT2D eigenvalue weighted by Crippen LogP contribution is 2.19. The van der Waals surface area contributed by atoms with Crippen molar-refractivity contribution >= 4 is 11.9 Å². The lowest BCUT2D eigenvalue weighted by Crippen LogP contribution is -2.45. The SMILES string of the molecule is CCCCCCCCCCCCCCCCC(O)C(CO)NC(=O)CCCCCCCCCCCCCCCCCCCCCCCCCCOC(=O)CCCCCCCCCCCCCCC. The van der Waals surface area contributed by atoms with Gasteiger partial charge < -0.3 is 20.3 Å². The minimum atomic E-state index is -0.661. The Balaban J connectivity index is 3.34. The maximum absolute atomic E-state index is 12.5. The van der Waals surface area contributed by atoms with Crippen LogP contribution in [0.2, 0.25) is 0 Å². The van der Waals surface area contributed by atoms with Crippen molar-refractivity contribution < 1.29 is 24.5 Å². The summed E-state index contributed by atoms with van der Waals surface area (Å²) in [6.45, 7) is 4.98. The molecule has 0 heterocycles. The lowest BCUT2D eigenvalue weighted by atomic mass is 10.0. The second-order valence-corrected chi connectivity index (χ2v) is 21.8. The van der Waals surface area contributed by atoms with Crippen LogP contribution in [0.4, 0.5) is 0 Å². The Bertz CT molecular complexity index is 975. The molecule has 0 aromatic carbocycles. The van der Waals surface area contributed by atoms with Crippen LogP contribution < -0.4 is 5.32 Å². The van der Waals surface area contributed by atoms with Crippen LogP contribution in [0.3, 0.4) is 0 Å². The molecule has 6 heteroatoms. The van der Waals surface area contributed by atoms with Crippen LogP contribution in [-0.4, -0.2) is 47.4 Å². The van der Waals surface area contributed by atoms with Gasteiger partial charge in [0.15, 0.2) is 0 Å². The van der Waals surface area contributed by atoms with Crippen molar-refractivity contribution in [2.45, 2.75) is 373 Å². The summed E-state index contributed by atoms with van der Waals surface area (Å²) in [5.74, 6) is -0.0131. The smallest absolute Gasteiger partial charge is 0.305 e. The molecule has 0 aliphatic rings. The third-order valence-corrected chi connectivity index (χ3v) is 14.9. The molecule has 0 aliphatic heterocycles. The van der Waals surface area contributed by atoms with Crippen molar-refractivity contribution in [1.29, 1.82) is 0 Å². The molecule has 0 bridgehead atoms. The van der Waals surface area contributed by atoms with Crippen molar-refractivity contribution in [3.63, 3.8) is 0 Å². The number of hydrogen-bond donors (Lipinski definition) is 3. The van der Waals surface area contributed by atoms with Crippen LogP contribution in [0.15, 0.2) is 0 Å². The Morgan fingerprint density at radius 1 is 0.353 bits per heavy atom. The van der Waals surface area contributed by atoms with E-state index in [1.54, 1.807) is 0 Å². The van der Waals surface area contributed by atoms with E-state index in [0.29, 0.717) is 25.9 Å². The van der Waals surface area contributed by atoms with Crippen LogP contribution >= 0.6 is 0 Å². The van der Waals surface area contributed by atoms with Crippen molar-refractivity contribution in [2.24, 2.45) is 0 Å². The molecule has 68 heavy (non-hydrogen) atoms. The quantitative estimate of drug-likeness (QED) is 0.0417. The van der Waals surface area contributed by atoms with Crippen LogP contribution in [0.25, 0.3) is 0 Å². The summed E-state index contributed by atoms with van der Waals surface area (Å²) in [6.07, 6.45) is 68.3. The number of amides is 1. The molecule has 0 radical (unpaired) electrons. The number of rotatable bonds is 59. The fourth-order valence-electron chi connectivity index (χ4n) is 10.1. The van der Waals surface area contributed by atoms with Gasteiger partial charge in [0.1, 0.15) is 0 Å². The summed E-state index contributed by atoms with van der Waals surface area (Å²) in [6, 6.07) is -0.538. The van der Waals surface area contributed by atoms with E-state index in [2.05, 4.69) is 19.2 Å². The van der Waals surface area contributed by atoms with Gasteiger partial charge in [-0.25, -0.2) is 0 Å². The van der Waals surface area contributed by atoms with Crippen molar-refractivity contribution in [1.82, 2.24) is 5.32 Å². The number of hydrogen-bond acceptors (Lipinski definition) is 5. The highest BCUT2D eigenvalue weighted by atomic mass is 16.5. The zero-order valence-electron chi connectivity index (χ0n) is 46.4. The Labute approximate surface area is 426 Å². The summed E-state index contributed by atoms with van der Waals surface area (Å²) in [5, 5.41) is 23.3. The van der Waals surface area contributed by atoms with Gasteiger partial charge >= 0.3 is 5.97 Å². The first kappa shape index (κ1) is 66.9. The molecule has 2 unspecified atom stereocenters. The highest BCUT2D eigenvalue weighted by Gasteiger charge is 2.20. The molecular weight excluding hydrogens is 839 g/mol. The largest absolute Gasteiger partial charge is 0.466 e. The van der Waals surface area contributed by atoms with Gasteiger partial charge in [0.05, 0.1) is 25.4 Å². The minimum absolute atomic E-state index is 0.0179. The summed E-state index contributed by atoms with van der Waals surface area (Å²) >= 11 is 0. The number of carbonyl (C=O) groups excluding carboxylic acids is 2. The number of carbonyl (C=O) groups is 2. The number of aliphatic hydroxyl groups is 2. The van der Waals surface area contributed by atoms with Crippen LogP contribution in [0.1, 0.15) is 361 Å². The summed E-state index contributed by atoms with van der Waals surface area (Å²) < 4.78 is 5.48. The molecular formula is C62H123NO5. The molecule has 0 saturated carbocycles. The molecule has 0 spiro atoms. The predicted octanol–water partition coefficient (Wildman–Crippen LogP) is 19.5. The predicted molar refractivity (Wildman–Crippen MR) is 297 cm³/mol. The fourth-order valence-corrected chi connectivity index (χ4v) is 10.1. The van der Waals surface area contributed by atoms with E-state index < -0.39 is 12.1 Å². The van der Waals surface area contributed by atoms with Gasteiger partial charge in [-0.2, -0.15) is 0 Å². The zero-order chi connectivity index (χ0) is 49.3. The fraction of sp³-hybridized carbons (Fsp3) is 0.968. The summed E-state index contributed by atoms with van der Waals surface area (Å²) in [5.41, 5.74) is 0. The van der Waals surface area contributed by atoms with Crippen LogP contribution in [0, 0.1) is 0 Å². The average molecular weight is 963 g/mol. The van der Waals surface area contributed by atoms with Crippen LogP contribution in [-0.2, 0) is 14.3 Å². The van der Waals surface area contributed by atoms with E-state index in [1.165, 1.54) is 289 Å². The molecule has 0 fully saturated rings. The van der Waals surface area contributed by atoms with Crippen molar-refractivity contribution in [2.75, 3.05) is 13.2 Å². The Morgan fingerprint density at radius 2 is 0.603 bits per heavy atom. The van der Waals surface area contributed by atoms with Gasteiger partial charge in [-0.1, -0.05) is 322 Å². The Morgan fingerprint density at radius 3 is 0.897 bits per heavy atom. The lowest BCUT2D eigenvalue weighted by Gasteiger charge is -2.22. The number of nitrogens with one attached hydrogen (secondary N) is 1. The summed E-state index contributed by atoms with van der Waals surface area (Å²) in [7, 11) is 0. The normalized spacial score (nSPS) is 12.5. The Hall–Kier alpha value is -1.14. The third kappa shape index (κ3) is 54.2. The number of aliphatic hydroxyl groups excluding tert-OH is 2. The molecule has 0 aromatic heterocycles. The van der Waals surface area contributed by atoms with Gasteiger partial charge in [0, 0.05) is 12.8 Å². The van der Waals surface area contributed by atoms with E-state index >= 15 is 0 Å². The Kier molecular flexibility index (Phi) is 57.5. The highest BCUT2D eigenvalue weighted by molar-refractivity contribution is 5.76. The van der Waals surface area contributed by atoms with Crippen molar-refractivity contribution in [3.8, 4) is 0 Å². The van der Waals surface area contributed by atoms with Crippen molar-refractivity contribution in [3.05, 3.63) is 0 Å². The summed E-state index contributed by atoms with van der Waals surface area (Å²) in [4.78, 5) is 24.5. The van der Waals surface area contributed by atoms with Crippen LogP contribution in [0.5, 0.6) is 0 Å². The van der Waals surface area contributed by atoms with Gasteiger partial charge in [-0.3, -0.25) is 9.59 Å². The zero-order valence-corrected chi connectivity index (χ0v) is 46.4. The lowest BCUT2D eigenvalue weighted by molar-refractivity contribution is -0.143. The third-order valence-electron chi connectivity index (χ3n) is 14.9. The number of unbranched alkanes of at least 4 members (excludes halogenated alkanes) is 48. The van der Waals surface area contributed by atoms with Gasteiger partial charge in [-0.15, -0.1) is 0 Å². The molecule has 6 nitrogen and oxygen atoms in total. The standard InChI is InChI=1S/C62H123NO5/c1-3-5-7-9-11-13-15-17-31-34-38-42-46-50-54-60(65)59(58-64)63-61(66)55-51-47-43-39-35-32-28-26-24-22-20-18-19-21-23-25-27-29-33-37-41-45-49-53-57-68-62(67)56-52-48-44-40-36-30-16-14-12-10-8-6-4-2/h59-60,64-65H,3-58H2,1-2H3,(H,63,66). The molecule has 2 atom stereocenters. The molecule has 0 aliphatic carbocycles. The second-order valence-electron chi connectivity index (χ2n) is 21.8. The second kappa shape index (κ2) is 58.4. The first-order valence-electron chi connectivity index (χ1n) is 31.3. The molecule has 1 amide bonds. The topological polar surface area (TPSA) is 95.9 Å². The molecule has 0 rings (SSSR count). The van der Waals surface area contributed by atoms with E-state index in [1.807, 2.05) is 0 Å². The van der Waals surface area contributed by atoms with E-state index in [4.69, 9.17) is 4.74 Å². The number of ether oxygens (including phenoxy) is 1. The minimum Gasteiger partial charge on any atom is -0.466 e. The van der Waals surface area contributed by atoms with Gasteiger partial charge in [0.2, 0.25) is 5.91 Å². The average Bonchev–Trinajstić information content (AvgIpc) is 3.34. The first-order valence-corrected chi connectivity index (χ1v) is 31.3. The molecule has 3 N–H and O–H groups in total.